The molecule has 1 saturated carbocycles. The van der Waals surface area contributed by atoms with E-state index in [-0.39, 0.29) is 17.3 Å². The van der Waals surface area contributed by atoms with Crippen LogP contribution in [0.25, 0.3) is 0 Å². The molecule has 17 heavy (non-hydrogen) atoms. The first-order valence-electron chi connectivity index (χ1n) is 5.40. The number of anilines is 1. The van der Waals surface area contributed by atoms with Crippen LogP contribution in [0.5, 0.6) is 0 Å². The van der Waals surface area contributed by atoms with Gasteiger partial charge in [0.05, 0.1) is 19.3 Å². The minimum atomic E-state index is -4.40. The summed E-state index contributed by atoms with van der Waals surface area (Å²) < 4.78 is 44.3. The zero-order valence-electron chi connectivity index (χ0n) is 9.00. The molecule has 1 aromatic rings. The molecule has 2 heterocycles. The molecule has 1 aliphatic heterocycles. The number of halogens is 3. The van der Waals surface area contributed by atoms with E-state index in [4.69, 9.17) is 10.5 Å². The molecule has 0 radical (unpaired) electrons. The monoisotopic (exact) mass is 247 g/mol. The fourth-order valence-corrected chi connectivity index (χ4v) is 2.64. The second-order valence-corrected chi connectivity index (χ2v) is 4.95. The third kappa shape index (κ3) is 1.60. The van der Waals surface area contributed by atoms with Crippen molar-refractivity contribution in [2.75, 3.05) is 18.9 Å². The van der Waals surface area contributed by atoms with Gasteiger partial charge in [0.1, 0.15) is 11.5 Å². The van der Waals surface area contributed by atoms with E-state index in [1.807, 2.05) is 0 Å². The van der Waals surface area contributed by atoms with Gasteiger partial charge in [0, 0.05) is 11.5 Å². The molecule has 1 saturated heterocycles. The lowest BCUT2D eigenvalue weighted by Gasteiger charge is -2.53. The van der Waals surface area contributed by atoms with Gasteiger partial charge in [0.2, 0.25) is 0 Å². The van der Waals surface area contributed by atoms with Gasteiger partial charge in [0.25, 0.3) is 0 Å². The quantitative estimate of drug-likeness (QED) is 0.823. The van der Waals surface area contributed by atoms with E-state index in [1.54, 1.807) is 0 Å². The molecule has 0 unspecified atom stereocenters. The lowest BCUT2D eigenvalue weighted by Crippen LogP contribution is -2.53. The van der Waals surface area contributed by atoms with Crippen LogP contribution in [-0.2, 0) is 10.9 Å². The lowest BCUT2D eigenvalue weighted by molar-refractivity contribution is -0.182. The molecule has 2 fully saturated rings. The third-order valence-corrected chi connectivity index (χ3v) is 3.54. The smallest absolute Gasteiger partial charge is 0.382 e. The summed E-state index contributed by atoms with van der Waals surface area (Å²) in [6, 6.07) is 0.690. The molecule has 1 aliphatic carbocycles. The Morgan fingerprint density at radius 1 is 1.41 bits per heavy atom. The minimum absolute atomic E-state index is 0.0804. The van der Waals surface area contributed by atoms with Crippen LogP contribution < -0.4 is 5.73 Å². The second kappa shape index (κ2) is 3.16. The number of nitrogens with two attached hydrogens (primary N) is 1. The van der Waals surface area contributed by atoms with E-state index in [0.29, 0.717) is 26.1 Å². The van der Waals surface area contributed by atoms with Gasteiger partial charge in [0.15, 0.2) is 0 Å². The highest BCUT2D eigenvalue weighted by Gasteiger charge is 2.52. The Kier molecular flexibility index (Phi) is 2.02. The van der Waals surface area contributed by atoms with Crippen molar-refractivity contribution in [1.29, 1.82) is 0 Å². The summed E-state index contributed by atoms with van der Waals surface area (Å²) in [5.74, 6) is -0.0804. The van der Waals surface area contributed by atoms with Crippen molar-refractivity contribution in [3.05, 3.63) is 11.8 Å². The van der Waals surface area contributed by atoms with Crippen molar-refractivity contribution in [1.82, 2.24) is 9.78 Å². The standard InChI is InChI=1S/C10H12F3N3O/c11-10(12,13)7-1-8(14)15-16(7)6-2-9(3-6)4-17-5-9/h1,6H,2-5H2,(H2,14,15). The summed E-state index contributed by atoms with van der Waals surface area (Å²) in [4.78, 5) is 0. The van der Waals surface area contributed by atoms with Gasteiger partial charge in [-0.25, -0.2) is 0 Å². The molecule has 1 spiro atoms. The SMILES string of the molecule is Nc1cc(C(F)(F)F)n(C2CC3(COC3)C2)n1. The highest BCUT2D eigenvalue weighted by atomic mass is 19.4. The Labute approximate surface area is 95.5 Å². The second-order valence-electron chi connectivity index (χ2n) is 4.95. The first-order chi connectivity index (χ1) is 7.90. The molecule has 1 aromatic heterocycles. The van der Waals surface area contributed by atoms with Crippen LogP contribution in [0.15, 0.2) is 6.07 Å². The van der Waals surface area contributed by atoms with Crippen molar-refractivity contribution < 1.29 is 17.9 Å². The molecule has 3 rings (SSSR count). The van der Waals surface area contributed by atoms with Crippen molar-refractivity contribution in [2.45, 2.75) is 25.1 Å². The van der Waals surface area contributed by atoms with Crippen LogP contribution in [0, 0.1) is 5.41 Å². The summed E-state index contributed by atoms with van der Waals surface area (Å²) in [6.45, 7) is 1.31. The van der Waals surface area contributed by atoms with Crippen molar-refractivity contribution in [3.63, 3.8) is 0 Å². The molecule has 0 aromatic carbocycles. The van der Waals surface area contributed by atoms with Gasteiger partial charge in [-0.1, -0.05) is 0 Å². The fourth-order valence-electron chi connectivity index (χ4n) is 2.64. The van der Waals surface area contributed by atoms with Crippen LogP contribution >= 0.6 is 0 Å². The molecule has 2 N–H and O–H groups in total. The van der Waals surface area contributed by atoms with Crippen LogP contribution in [0.1, 0.15) is 24.6 Å². The largest absolute Gasteiger partial charge is 0.433 e. The van der Waals surface area contributed by atoms with E-state index in [0.717, 1.165) is 10.7 Å². The zero-order valence-corrected chi connectivity index (χ0v) is 9.00. The Hall–Kier alpha value is -1.24. The maximum atomic E-state index is 12.7. The van der Waals surface area contributed by atoms with Crippen LogP contribution in [0.2, 0.25) is 0 Å². The average Bonchev–Trinajstić information content (AvgIpc) is 2.41. The molecule has 4 nitrogen and oxygen atoms in total. The first-order valence-corrected chi connectivity index (χ1v) is 5.40. The summed E-state index contributed by atoms with van der Waals surface area (Å²) >= 11 is 0. The lowest BCUT2D eigenvalue weighted by atomic mass is 9.64. The number of hydrogen-bond acceptors (Lipinski definition) is 3. The van der Waals surface area contributed by atoms with E-state index in [1.165, 1.54) is 0 Å². The molecule has 0 bridgehead atoms. The molecule has 7 heteroatoms. The van der Waals surface area contributed by atoms with Gasteiger partial charge in [-0.15, -0.1) is 0 Å². The molecule has 2 aliphatic rings. The number of hydrogen-bond donors (Lipinski definition) is 1. The highest BCUT2D eigenvalue weighted by molar-refractivity contribution is 5.31. The number of rotatable bonds is 1. The van der Waals surface area contributed by atoms with Crippen molar-refractivity contribution in [3.8, 4) is 0 Å². The number of aromatic nitrogens is 2. The number of nitrogen functional groups attached to an aromatic ring is 1. The summed E-state index contributed by atoms with van der Waals surface area (Å²) in [5, 5.41) is 3.76. The minimum Gasteiger partial charge on any atom is -0.382 e. The summed E-state index contributed by atoms with van der Waals surface area (Å²) in [6.07, 6.45) is -3.02. The van der Waals surface area contributed by atoms with E-state index in [2.05, 4.69) is 5.10 Å². The maximum absolute atomic E-state index is 12.7. The Morgan fingerprint density at radius 2 is 2.06 bits per heavy atom. The van der Waals surface area contributed by atoms with Gasteiger partial charge in [-0.05, 0) is 12.8 Å². The average molecular weight is 247 g/mol. The van der Waals surface area contributed by atoms with Crippen molar-refractivity contribution in [2.24, 2.45) is 5.41 Å². The molecule has 0 amide bonds. The number of nitrogens with zero attached hydrogens (tertiary/aromatic N) is 2. The fraction of sp³-hybridized carbons (Fsp3) is 0.700. The van der Waals surface area contributed by atoms with Gasteiger partial charge < -0.3 is 10.5 Å². The zero-order chi connectivity index (χ0) is 12.3. The van der Waals surface area contributed by atoms with Crippen LogP contribution in [0.3, 0.4) is 0 Å². The topological polar surface area (TPSA) is 53.1 Å². The van der Waals surface area contributed by atoms with Gasteiger partial charge in [-0.3, -0.25) is 4.68 Å². The number of alkyl halides is 3. The van der Waals surface area contributed by atoms with Gasteiger partial charge >= 0.3 is 6.18 Å². The first kappa shape index (κ1) is 10.9. The Balaban J connectivity index is 1.84. The molecule has 0 atom stereocenters. The van der Waals surface area contributed by atoms with Crippen LogP contribution in [-0.4, -0.2) is 23.0 Å². The molecule has 94 valence electrons. The van der Waals surface area contributed by atoms with E-state index in [9.17, 15) is 13.2 Å². The van der Waals surface area contributed by atoms with E-state index >= 15 is 0 Å². The van der Waals surface area contributed by atoms with E-state index < -0.39 is 11.9 Å². The normalized spacial score (nSPS) is 23.5. The Morgan fingerprint density at radius 3 is 2.53 bits per heavy atom. The molecular weight excluding hydrogens is 235 g/mol. The predicted molar refractivity (Wildman–Crippen MR) is 53.2 cm³/mol. The molecular formula is C10H12F3N3O. The predicted octanol–water partition coefficient (Wildman–Crippen LogP) is 1.84. The van der Waals surface area contributed by atoms with Crippen LogP contribution in [0.4, 0.5) is 19.0 Å². The summed E-state index contributed by atoms with van der Waals surface area (Å²) in [7, 11) is 0. The Bertz CT molecular complexity index is 442. The maximum Gasteiger partial charge on any atom is 0.433 e. The van der Waals surface area contributed by atoms with Gasteiger partial charge in [-0.2, -0.15) is 18.3 Å². The highest BCUT2D eigenvalue weighted by Crippen LogP contribution is 2.53. The summed E-state index contributed by atoms with van der Waals surface area (Å²) in [5.41, 5.74) is 4.70. The van der Waals surface area contributed by atoms with Crippen molar-refractivity contribution >= 4 is 5.82 Å². The third-order valence-electron chi connectivity index (χ3n) is 3.54. The number of ether oxygens (including phenoxy) is 1.